The predicted molar refractivity (Wildman–Crippen MR) is 71.9 cm³/mol. The second-order valence-corrected chi connectivity index (χ2v) is 4.92. The molecule has 5 heteroatoms. The molecule has 0 amide bonds. The number of aliphatic hydroxyl groups excluding tert-OH is 3. The van der Waals surface area contributed by atoms with Crippen molar-refractivity contribution in [1.29, 1.82) is 0 Å². The molecule has 112 valence electrons. The predicted octanol–water partition coefficient (Wildman–Crippen LogP) is 0.621. The Bertz CT molecular complexity index is 256. The van der Waals surface area contributed by atoms with Crippen molar-refractivity contribution in [2.45, 2.75) is 57.0 Å². The van der Waals surface area contributed by atoms with E-state index in [1.807, 2.05) is 13.0 Å². The van der Waals surface area contributed by atoms with Gasteiger partial charge in [-0.25, -0.2) is 0 Å². The van der Waals surface area contributed by atoms with E-state index >= 15 is 0 Å². The van der Waals surface area contributed by atoms with E-state index in [0.717, 1.165) is 25.7 Å². The van der Waals surface area contributed by atoms with Crippen molar-refractivity contribution in [3.05, 3.63) is 12.2 Å². The first-order valence-electron chi connectivity index (χ1n) is 7.01. The number of aliphatic hydroxyl groups is 3. The summed E-state index contributed by atoms with van der Waals surface area (Å²) in [4.78, 5) is 0. The monoisotopic (exact) mass is 274 g/mol. The summed E-state index contributed by atoms with van der Waals surface area (Å²) in [5.74, 6) is 0. The Morgan fingerprint density at radius 2 is 2.11 bits per heavy atom. The van der Waals surface area contributed by atoms with Crippen LogP contribution in [0.1, 0.15) is 32.6 Å². The van der Waals surface area contributed by atoms with Crippen LogP contribution in [0.15, 0.2) is 12.2 Å². The molecule has 1 aliphatic heterocycles. The van der Waals surface area contributed by atoms with Gasteiger partial charge in [-0.3, -0.25) is 0 Å². The van der Waals surface area contributed by atoms with Gasteiger partial charge >= 0.3 is 0 Å². The highest BCUT2D eigenvalue weighted by Crippen LogP contribution is 2.17. The Morgan fingerprint density at radius 3 is 2.74 bits per heavy atom. The van der Waals surface area contributed by atoms with E-state index in [2.05, 4.69) is 6.08 Å². The van der Waals surface area contributed by atoms with E-state index in [1.54, 1.807) is 0 Å². The Labute approximate surface area is 114 Å². The Balaban J connectivity index is 2.00. The molecule has 0 saturated carbocycles. The zero-order valence-corrected chi connectivity index (χ0v) is 11.6. The zero-order chi connectivity index (χ0) is 14.1. The summed E-state index contributed by atoms with van der Waals surface area (Å²) in [5.41, 5.74) is 0. The minimum atomic E-state index is -1.03. The second kappa shape index (κ2) is 9.44. The van der Waals surface area contributed by atoms with Crippen LogP contribution < -0.4 is 0 Å². The fourth-order valence-corrected chi connectivity index (χ4v) is 2.07. The molecule has 4 atom stereocenters. The number of allylic oxidation sites excluding steroid dienone is 2. The molecule has 1 fully saturated rings. The molecule has 0 spiro atoms. The number of rotatable bonds is 9. The normalized spacial score (nSPS) is 29.2. The van der Waals surface area contributed by atoms with Crippen LogP contribution in [0.2, 0.25) is 0 Å². The largest absolute Gasteiger partial charge is 0.388 e. The van der Waals surface area contributed by atoms with Crippen LogP contribution in [-0.4, -0.2) is 59.6 Å². The first-order valence-corrected chi connectivity index (χ1v) is 7.01. The average Bonchev–Trinajstić information content (AvgIpc) is 2.73. The number of unbranched alkanes of at least 4 members (excludes halogenated alkanes) is 3. The summed E-state index contributed by atoms with van der Waals surface area (Å²) >= 11 is 0. The molecular weight excluding hydrogens is 248 g/mol. The van der Waals surface area contributed by atoms with Gasteiger partial charge < -0.3 is 24.8 Å². The fraction of sp³-hybridized carbons (Fsp3) is 0.857. The molecule has 0 unspecified atom stereocenters. The lowest BCUT2D eigenvalue weighted by Gasteiger charge is -2.20. The first kappa shape index (κ1) is 16.6. The van der Waals surface area contributed by atoms with Crippen molar-refractivity contribution in [1.82, 2.24) is 0 Å². The molecule has 0 bridgehead atoms. The van der Waals surface area contributed by atoms with Crippen molar-refractivity contribution >= 4 is 0 Å². The van der Waals surface area contributed by atoms with Crippen LogP contribution in [0.4, 0.5) is 0 Å². The molecule has 1 rings (SSSR count). The van der Waals surface area contributed by atoms with Crippen LogP contribution in [0.25, 0.3) is 0 Å². The standard InChI is InChI=1S/C14H26O5/c1-2-3-4-5-6-7-8-18-9-12(16)14-13(17)11(15)10-19-14/h2-3,11-17H,4-10H2,1H3/b3-2+/t11-,12+,13-,14-/m0/s1. The topological polar surface area (TPSA) is 79.2 Å². The molecule has 0 radical (unpaired) electrons. The van der Waals surface area contributed by atoms with Crippen molar-refractivity contribution in [2.24, 2.45) is 0 Å². The molecule has 0 aromatic heterocycles. The SMILES string of the molecule is C/C=C/CCCCCOC[C@@H](O)[C@@H]1OC[C@H](O)[C@@H]1O. The maximum Gasteiger partial charge on any atom is 0.114 e. The lowest BCUT2D eigenvalue weighted by atomic mass is 10.1. The van der Waals surface area contributed by atoms with Gasteiger partial charge in [-0.05, 0) is 26.2 Å². The molecule has 0 aromatic carbocycles. The summed E-state index contributed by atoms with van der Waals surface area (Å²) in [6.45, 7) is 2.80. The average molecular weight is 274 g/mol. The van der Waals surface area contributed by atoms with Crippen molar-refractivity contribution in [3.63, 3.8) is 0 Å². The van der Waals surface area contributed by atoms with E-state index < -0.39 is 24.4 Å². The minimum Gasteiger partial charge on any atom is -0.388 e. The van der Waals surface area contributed by atoms with Gasteiger partial charge in [0.15, 0.2) is 0 Å². The van der Waals surface area contributed by atoms with Crippen LogP contribution in [0.5, 0.6) is 0 Å². The highest BCUT2D eigenvalue weighted by atomic mass is 16.5. The smallest absolute Gasteiger partial charge is 0.114 e. The fourth-order valence-electron chi connectivity index (χ4n) is 2.07. The van der Waals surface area contributed by atoms with E-state index in [0.29, 0.717) is 6.61 Å². The third-order valence-corrected chi connectivity index (χ3v) is 3.25. The summed E-state index contributed by atoms with van der Waals surface area (Å²) in [5, 5.41) is 28.6. The number of hydrogen-bond acceptors (Lipinski definition) is 5. The molecule has 1 aliphatic rings. The minimum absolute atomic E-state index is 0.0633. The van der Waals surface area contributed by atoms with Crippen LogP contribution in [-0.2, 0) is 9.47 Å². The summed E-state index contributed by atoms with van der Waals surface area (Å²) in [6, 6.07) is 0. The van der Waals surface area contributed by atoms with Crippen LogP contribution in [0, 0.1) is 0 Å². The second-order valence-electron chi connectivity index (χ2n) is 4.92. The maximum absolute atomic E-state index is 9.78. The van der Waals surface area contributed by atoms with Crippen molar-refractivity contribution < 1.29 is 24.8 Å². The lowest BCUT2D eigenvalue weighted by molar-refractivity contribution is -0.0813. The van der Waals surface area contributed by atoms with Gasteiger partial charge in [0.2, 0.25) is 0 Å². The lowest BCUT2D eigenvalue weighted by Crippen LogP contribution is -2.40. The van der Waals surface area contributed by atoms with Crippen molar-refractivity contribution in [2.75, 3.05) is 19.8 Å². The van der Waals surface area contributed by atoms with Gasteiger partial charge in [0, 0.05) is 6.61 Å². The first-order chi connectivity index (χ1) is 9.16. The molecule has 19 heavy (non-hydrogen) atoms. The van der Waals surface area contributed by atoms with E-state index in [4.69, 9.17) is 9.47 Å². The Hall–Kier alpha value is -0.460. The van der Waals surface area contributed by atoms with Gasteiger partial charge in [0.05, 0.1) is 13.2 Å². The van der Waals surface area contributed by atoms with E-state index in [1.165, 1.54) is 0 Å². The summed E-state index contributed by atoms with van der Waals surface area (Å²) in [6.07, 6.45) is 4.92. The molecule has 0 aliphatic carbocycles. The van der Waals surface area contributed by atoms with Crippen LogP contribution in [0.3, 0.4) is 0 Å². The highest BCUT2D eigenvalue weighted by Gasteiger charge is 2.39. The molecule has 5 nitrogen and oxygen atoms in total. The molecule has 3 N–H and O–H groups in total. The molecule has 1 heterocycles. The molecule has 1 saturated heterocycles. The highest BCUT2D eigenvalue weighted by molar-refractivity contribution is 4.87. The Morgan fingerprint density at radius 1 is 1.32 bits per heavy atom. The van der Waals surface area contributed by atoms with Gasteiger partial charge in [-0.1, -0.05) is 18.6 Å². The molecule has 0 aromatic rings. The quantitative estimate of drug-likeness (QED) is 0.424. The van der Waals surface area contributed by atoms with Gasteiger partial charge in [0.1, 0.15) is 24.4 Å². The Kier molecular flexibility index (Phi) is 8.25. The van der Waals surface area contributed by atoms with Gasteiger partial charge in [0.25, 0.3) is 0 Å². The number of hydrogen-bond donors (Lipinski definition) is 3. The maximum atomic E-state index is 9.78. The van der Waals surface area contributed by atoms with Gasteiger partial charge in [-0.15, -0.1) is 0 Å². The number of ether oxygens (including phenoxy) is 2. The summed E-state index contributed by atoms with van der Waals surface area (Å²) < 4.78 is 10.5. The van der Waals surface area contributed by atoms with Gasteiger partial charge in [-0.2, -0.15) is 0 Å². The van der Waals surface area contributed by atoms with Crippen molar-refractivity contribution in [3.8, 4) is 0 Å². The van der Waals surface area contributed by atoms with E-state index in [9.17, 15) is 15.3 Å². The van der Waals surface area contributed by atoms with Crippen LogP contribution >= 0.6 is 0 Å². The summed E-state index contributed by atoms with van der Waals surface area (Å²) in [7, 11) is 0. The molecular formula is C14H26O5. The van der Waals surface area contributed by atoms with E-state index in [-0.39, 0.29) is 13.2 Å². The third-order valence-electron chi connectivity index (χ3n) is 3.25. The zero-order valence-electron chi connectivity index (χ0n) is 11.6. The third kappa shape index (κ3) is 6.01.